The summed E-state index contributed by atoms with van der Waals surface area (Å²) >= 11 is 0. The summed E-state index contributed by atoms with van der Waals surface area (Å²) in [7, 11) is 1.32. The van der Waals surface area contributed by atoms with Gasteiger partial charge in [-0.3, -0.25) is 19.2 Å². The van der Waals surface area contributed by atoms with Gasteiger partial charge in [0.05, 0.1) is 13.0 Å². The molecule has 4 saturated carbocycles. The number of hydrogen-bond acceptors (Lipinski definition) is 5. The van der Waals surface area contributed by atoms with Crippen molar-refractivity contribution < 1.29 is 23.9 Å². The van der Waals surface area contributed by atoms with Crippen molar-refractivity contribution in [2.45, 2.75) is 73.6 Å². The van der Waals surface area contributed by atoms with Crippen molar-refractivity contribution in [2.24, 2.45) is 44.8 Å². The lowest BCUT2D eigenvalue weighted by atomic mass is 9.30. The maximum absolute atomic E-state index is 13.9. The van der Waals surface area contributed by atoms with E-state index in [1.165, 1.54) is 7.11 Å². The number of esters is 1. The highest BCUT2D eigenvalue weighted by Gasteiger charge is 2.78. The van der Waals surface area contributed by atoms with Crippen LogP contribution in [-0.4, -0.2) is 30.4 Å². The first-order valence-corrected chi connectivity index (χ1v) is 11.6. The zero-order valence-corrected chi connectivity index (χ0v) is 20.0. The highest BCUT2D eigenvalue weighted by atomic mass is 16.5. The Hall–Kier alpha value is -1.78. The van der Waals surface area contributed by atoms with Crippen molar-refractivity contribution in [1.29, 1.82) is 0 Å². The molecule has 0 radical (unpaired) electrons. The zero-order valence-electron chi connectivity index (χ0n) is 20.0. The Kier molecular flexibility index (Phi) is 4.46. The van der Waals surface area contributed by atoms with Gasteiger partial charge in [0.15, 0.2) is 17.0 Å². The molecule has 5 heteroatoms. The van der Waals surface area contributed by atoms with Crippen molar-refractivity contribution in [1.82, 2.24) is 0 Å². The SMILES string of the molecule is C=C1[C@@]2(C)C[C@H]3[C@]4(C)CCC(=O)C(C)(C)[C@H]4CC[C@]3(C)[C@]1(C(=O)OC)C(=O)[C@H](C)C2=O. The minimum absolute atomic E-state index is 0.0684. The van der Waals surface area contributed by atoms with Crippen LogP contribution < -0.4 is 0 Å². The number of fused-ring (bicyclic) bond motifs is 6. The molecule has 0 amide bonds. The van der Waals surface area contributed by atoms with Gasteiger partial charge >= 0.3 is 5.97 Å². The van der Waals surface area contributed by atoms with Gasteiger partial charge in [0, 0.05) is 17.3 Å². The topological polar surface area (TPSA) is 77.5 Å². The molecule has 7 atom stereocenters. The molecule has 0 N–H and O–H groups in total. The van der Waals surface area contributed by atoms with Crippen molar-refractivity contribution in [2.75, 3.05) is 7.11 Å². The Morgan fingerprint density at radius 3 is 2.19 bits per heavy atom. The smallest absolute Gasteiger partial charge is 0.324 e. The first-order valence-electron chi connectivity index (χ1n) is 11.6. The highest BCUT2D eigenvalue weighted by Crippen LogP contribution is 2.76. The summed E-state index contributed by atoms with van der Waals surface area (Å²) in [6, 6.07) is 0. The maximum atomic E-state index is 13.9. The molecular weight excluding hydrogens is 392 g/mol. The van der Waals surface area contributed by atoms with Crippen LogP contribution in [0.15, 0.2) is 12.2 Å². The predicted octanol–water partition coefficient (Wildman–Crippen LogP) is 4.33. The fourth-order valence-electron chi connectivity index (χ4n) is 8.76. The molecule has 0 saturated heterocycles. The number of hydrogen-bond donors (Lipinski definition) is 0. The molecule has 4 rings (SSSR count). The molecule has 170 valence electrons. The third-order valence-electron chi connectivity index (χ3n) is 10.6. The fraction of sp³-hybridized carbons (Fsp3) is 0.769. The number of carbonyl (C=O) groups is 4. The normalized spacial score (nSPS) is 48.7. The van der Waals surface area contributed by atoms with E-state index < -0.39 is 33.5 Å². The number of Topliss-reactive ketones (excluding diaryl/α,β-unsaturated/α-hetero) is 3. The van der Waals surface area contributed by atoms with Gasteiger partial charge in [-0.05, 0) is 67.8 Å². The molecule has 2 bridgehead atoms. The van der Waals surface area contributed by atoms with Crippen LogP contribution >= 0.6 is 0 Å². The summed E-state index contributed by atoms with van der Waals surface area (Å²) < 4.78 is 5.29. The Morgan fingerprint density at radius 1 is 1.00 bits per heavy atom. The van der Waals surface area contributed by atoms with Crippen LogP contribution in [-0.2, 0) is 23.9 Å². The summed E-state index contributed by atoms with van der Waals surface area (Å²) in [4.78, 5) is 53.7. The number of rotatable bonds is 1. The largest absolute Gasteiger partial charge is 0.468 e. The van der Waals surface area contributed by atoms with Gasteiger partial charge in [0.1, 0.15) is 5.78 Å². The molecule has 31 heavy (non-hydrogen) atoms. The molecule has 0 aromatic carbocycles. The number of ketones is 3. The van der Waals surface area contributed by atoms with Crippen LogP contribution in [0, 0.1) is 44.8 Å². The average molecular weight is 429 g/mol. The van der Waals surface area contributed by atoms with Crippen LogP contribution in [0.5, 0.6) is 0 Å². The maximum Gasteiger partial charge on any atom is 0.324 e. The monoisotopic (exact) mass is 428 g/mol. The second kappa shape index (κ2) is 6.17. The Bertz CT molecular complexity index is 930. The van der Waals surface area contributed by atoms with E-state index in [1.54, 1.807) is 6.92 Å². The van der Waals surface area contributed by atoms with Gasteiger partial charge in [-0.1, -0.05) is 34.3 Å². The van der Waals surface area contributed by atoms with E-state index >= 15 is 0 Å². The summed E-state index contributed by atoms with van der Waals surface area (Å²) in [5.41, 5.74) is -3.48. The lowest BCUT2D eigenvalue weighted by Crippen LogP contribution is -2.73. The predicted molar refractivity (Wildman–Crippen MR) is 116 cm³/mol. The Balaban J connectivity index is 2.01. The van der Waals surface area contributed by atoms with E-state index in [9.17, 15) is 19.2 Å². The molecule has 0 heterocycles. The zero-order chi connectivity index (χ0) is 23.4. The first-order chi connectivity index (χ1) is 14.2. The molecule has 0 aliphatic heterocycles. The van der Waals surface area contributed by atoms with Gasteiger partial charge < -0.3 is 4.74 Å². The minimum Gasteiger partial charge on any atom is -0.468 e. The van der Waals surface area contributed by atoms with E-state index in [2.05, 4.69) is 13.5 Å². The number of carbonyl (C=O) groups excluding carboxylic acids is 4. The highest BCUT2D eigenvalue weighted by molar-refractivity contribution is 6.21. The van der Waals surface area contributed by atoms with Crippen LogP contribution in [0.3, 0.4) is 0 Å². The molecule has 0 aromatic rings. The third kappa shape index (κ3) is 2.19. The van der Waals surface area contributed by atoms with E-state index in [4.69, 9.17) is 4.74 Å². The van der Waals surface area contributed by atoms with Gasteiger partial charge in [-0.2, -0.15) is 0 Å². The van der Waals surface area contributed by atoms with Crippen LogP contribution in [0.2, 0.25) is 0 Å². The molecule has 0 aromatic heterocycles. The number of ether oxygens (including phenoxy) is 1. The summed E-state index contributed by atoms with van der Waals surface area (Å²) in [5, 5.41) is 0. The van der Waals surface area contributed by atoms with Gasteiger partial charge in [-0.25, -0.2) is 0 Å². The Labute approximate surface area is 185 Å². The second-order valence-electron chi connectivity index (χ2n) is 11.9. The van der Waals surface area contributed by atoms with Crippen LogP contribution in [0.4, 0.5) is 0 Å². The Morgan fingerprint density at radius 2 is 1.61 bits per heavy atom. The summed E-state index contributed by atoms with van der Waals surface area (Å²) in [6.07, 6.45) is 3.17. The second-order valence-corrected chi connectivity index (χ2v) is 11.9. The van der Waals surface area contributed by atoms with E-state index in [0.29, 0.717) is 24.8 Å². The average Bonchev–Trinajstić information content (AvgIpc) is 2.71. The van der Waals surface area contributed by atoms with Crippen molar-refractivity contribution in [3.8, 4) is 0 Å². The molecule has 4 fully saturated rings. The lowest BCUT2D eigenvalue weighted by molar-refractivity contribution is -0.214. The van der Waals surface area contributed by atoms with Crippen LogP contribution in [0.1, 0.15) is 73.6 Å². The fourth-order valence-corrected chi connectivity index (χ4v) is 8.76. The number of methoxy groups -OCH3 is 1. The molecule has 5 nitrogen and oxygen atoms in total. The summed E-state index contributed by atoms with van der Waals surface area (Å²) in [6.45, 7) is 16.1. The standard InChI is InChI=1S/C26H36O5/c1-14-19(28)24(6)13-17-23(5)11-10-18(27)22(3,4)16(23)9-12-25(17,7)26(15(24)2,20(14)29)21(30)31-8/h14,16-17H,2,9-13H2,1,3-8H3/t14-,16-,17+,23-,24-,25+,26+/m1/s1. The van der Waals surface area contributed by atoms with Gasteiger partial charge in [-0.15, -0.1) is 0 Å². The third-order valence-corrected chi connectivity index (χ3v) is 10.6. The van der Waals surface area contributed by atoms with E-state index in [-0.39, 0.29) is 34.6 Å². The first kappa shape index (κ1) is 22.4. The molecule has 0 unspecified atom stereocenters. The quantitative estimate of drug-likeness (QED) is 0.353. The molecule has 4 aliphatic rings. The molecular formula is C26H36O5. The van der Waals surface area contributed by atoms with E-state index in [1.807, 2.05) is 27.7 Å². The minimum atomic E-state index is -1.52. The lowest BCUT2D eigenvalue weighted by Gasteiger charge is -2.71. The van der Waals surface area contributed by atoms with Gasteiger partial charge in [0.2, 0.25) is 0 Å². The van der Waals surface area contributed by atoms with Crippen molar-refractivity contribution >= 4 is 23.3 Å². The van der Waals surface area contributed by atoms with E-state index in [0.717, 1.165) is 12.8 Å². The molecule has 0 spiro atoms. The summed E-state index contributed by atoms with van der Waals surface area (Å²) in [5.74, 6) is -1.56. The van der Waals surface area contributed by atoms with Crippen molar-refractivity contribution in [3.05, 3.63) is 12.2 Å². The van der Waals surface area contributed by atoms with Crippen molar-refractivity contribution in [3.63, 3.8) is 0 Å². The molecule has 4 aliphatic carbocycles. The van der Waals surface area contributed by atoms with Gasteiger partial charge in [0.25, 0.3) is 0 Å². The van der Waals surface area contributed by atoms with Crippen LogP contribution in [0.25, 0.3) is 0 Å².